The second-order valence-electron chi connectivity index (χ2n) is 2.11. The van der Waals surface area contributed by atoms with Gasteiger partial charge < -0.3 is 11.7 Å². The molecular weight excluding hydrogens is 137 g/mol. The van der Waals surface area contributed by atoms with E-state index in [2.05, 4.69) is 33.1 Å². The summed E-state index contributed by atoms with van der Waals surface area (Å²) in [7, 11) is 0. The molecule has 2 nitrogen and oxygen atoms in total. The van der Waals surface area contributed by atoms with Crippen molar-refractivity contribution >= 4 is 5.91 Å². The Balaban J connectivity index is -0.0000000910. The van der Waals surface area contributed by atoms with E-state index in [1.165, 1.54) is 5.92 Å². The monoisotopic (exact) mass is 151 g/mol. The first-order valence-corrected chi connectivity index (χ1v) is 2.69. The first-order chi connectivity index (χ1) is 4.00. The van der Waals surface area contributed by atoms with Gasteiger partial charge >= 0.3 is 29.6 Å². The smallest absolute Gasteiger partial charge is 0.366 e. The maximum Gasteiger partial charge on any atom is 1.00 e. The van der Waals surface area contributed by atoms with Crippen LogP contribution >= 0.6 is 0 Å². The molecule has 0 heterocycles. The third kappa shape index (κ3) is 87.4. The molecular formula is C7H14NNaO. The van der Waals surface area contributed by atoms with Gasteiger partial charge in [-0.3, -0.25) is 4.79 Å². The summed E-state index contributed by atoms with van der Waals surface area (Å²) >= 11 is 0. The maximum atomic E-state index is 9.47. The molecule has 3 heteroatoms. The summed E-state index contributed by atoms with van der Waals surface area (Å²) in [5.74, 6) is 0.935. The van der Waals surface area contributed by atoms with Crippen LogP contribution in [-0.2, 0) is 4.79 Å². The van der Waals surface area contributed by atoms with Crippen LogP contribution in [0.5, 0.6) is 0 Å². The number of amides is 1. The van der Waals surface area contributed by atoms with Crippen LogP contribution in [0.1, 0.15) is 20.8 Å². The van der Waals surface area contributed by atoms with E-state index in [-0.39, 0.29) is 29.6 Å². The van der Waals surface area contributed by atoms with Crippen molar-refractivity contribution < 1.29 is 34.4 Å². The zero-order valence-corrected chi connectivity index (χ0v) is 9.27. The molecule has 0 spiro atoms. The van der Waals surface area contributed by atoms with Gasteiger partial charge in [0.2, 0.25) is 5.91 Å². The molecule has 0 aliphatic heterocycles. The fraction of sp³-hybridized carbons (Fsp3) is 0.429. The maximum absolute atomic E-state index is 9.47. The molecule has 0 bridgehead atoms. The second-order valence-corrected chi connectivity index (χ2v) is 2.11. The second kappa shape index (κ2) is 11.9. The summed E-state index contributed by atoms with van der Waals surface area (Å²) in [6.45, 7) is 9.34. The molecule has 54 valence electrons. The van der Waals surface area contributed by atoms with Crippen LogP contribution in [-0.4, -0.2) is 5.91 Å². The number of primary amides is 1. The molecule has 0 aromatic heterocycles. The number of hydrogen-bond acceptors (Lipinski definition) is 1. The van der Waals surface area contributed by atoms with E-state index in [4.69, 9.17) is 0 Å². The molecule has 0 aliphatic rings. The largest absolute Gasteiger partial charge is 1.00 e. The SMILES string of the molecule is C=CC(N)=O.C[C-](C)C.[Na+]. The van der Waals surface area contributed by atoms with Crippen molar-refractivity contribution in [3.63, 3.8) is 0 Å². The fourth-order valence-corrected chi connectivity index (χ4v) is 0. The minimum absolute atomic E-state index is 0. The molecule has 0 radical (unpaired) electrons. The van der Waals surface area contributed by atoms with Gasteiger partial charge in [-0.1, -0.05) is 6.58 Å². The van der Waals surface area contributed by atoms with E-state index in [0.29, 0.717) is 0 Å². The van der Waals surface area contributed by atoms with E-state index >= 15 is 0 Å². The molecule has 0 rings (SSSR count). The molecule has 0 unspecified atom stereocenters. The van der Waals surface area contributed by atoms with Gasteiger partial charge in [-0.2, -0.15) is 20.8 Å². The van der Waals surface area contributed by atoms with E-state index in [1.807, 2.05) is 0 Å². The number of carbonyl (C=O) groups excluding carboxylic acids is 1. The average molecular weight is 151 g/mol. The Kier molecular flexibility index (Phi) is 19.9. The van der Waals surface area contributed by atoms with Gasteiger partial charge in [0.1, 0.15) is 0 Å². The Morgan fingerprint density at radius 2 is 1.60 bits per heavy atom. The Morgan fingerprint density at radius 3 is 1.60 bits per heavy atom. The Bertz CT molecular complexity index is 88.9. The average Bonchev–Trinajstić information content (AvgIpc) is 1.65. The van der Waals surface area contributed by atoms with Crippen LogP contribution in [0, 0.1) is 5.92 Å². The Labute approximate surface area is 85.2 Å². The predicted molar refractivity (Wildman–Crippen MR) is 39.7 cm³/mol. The predicted octanol–water partition coefficient (Wildman–Crippen LogP) is -1.72. The van der Waals surface area contributed by atoms with Crippen LogP contribution in [0.2, 0.25) is 0 Å². The van der Waals surface area contributed by atoms with Crippen molar-refractivity contribution in [1.29, 1.82) is 0 Å². The quantitative estimate of drug-likeness (QED) is 0.270. The summed E-state index contributed by atoms with van der Waals surface area (Å²) in [5, 5.41) is 0. The minimum atomic E-state index is -0.481. The van der Waals surface area contributed by atoms with Gasteiger partial charge in [0, 0.05) is 0 Å². The molecule has 0 atom stereocenters. The third-order valence-corrected chi connectivity index (χ3v) is 0.201. The Hall–Kier alpha value is 0.210. The van der Waals surface area contributed by atoms with Crippen LogP contribution in [0.25, 0.3) is 0 Å². The first kappa shape index (κ1) is 16.7. The van der Waals surface area contributed by atoms with E-state index in [1.54, 1.807) is 0 Å². The molecule has 2 N–H and O–H groups in total. The van der Waals surface area contributed by atoms with Crippen LogP contribution < -0.4 is 35.3 Å². The molecule has 0 saturated heterocycles. The summed E-state index contributed by atoms with van der Waals surface area (Å²) < 4.78 is 0. The van der Waals surface area contributed by atoms with Crippen LogP contribution in [0.3, 0.4) is 0 Å². The third-order valence-electron chi connectivity index (χ3n) is 0.201. The minimum Gasteiger partial charge on any atom is -0.366 e. The number of hydrogen-bond donors (Lipinski definition) is 1. The number of rotatable bonds is 1. The van der Waals surface area contributed by atoms with Gasteiger partial charge in [-0.25, -0.2) is 0 Å². The summed E-state index contributed by atoms with van der Waals surface area (Å²) in [5.41, 5.74) is 4.53. The van der Waals surface area contributed by atoms with Crippen molar-refractivity contribution in [2.45, 2.75) is 20.8 Å². The van der Waals surface area contributed by atoms with Gasteiger partial charge in [0.15, 0.2) is 0 Å². The summed E-state index contributed by atoms with van der Waals surface area (Å²) in [6.07, 6.45) is 1.06. The van der Waals surface area contributed by atoms with Crippen LogP contribution in [0.4, 0.5) is 0 Å². The molecule has 0 fully saturated rings. The molecule has 0 aromatic carbocycles. The normalized spacial score (nSPS) is 6.80. The van der Waals surface area contributed by atoms with Crippen molar-refractivity contribution in [2.75, 3.05) is 0 Å². The van der Waals surface area contributed by atoms with Gasteiger partial charge in [-0.05, 0) is 6.08 Å². The number of carbonyl (C=O) groups is 1. The fourth-order valence-electron chi connectivity index (χ4n) is 0. The topological polar surface area (TPSA) is 43.1 Å². The van der Waals surface area contributed by atoms with Crippen molar-refractivity contribution in [2.24, 2.45) is 5.73 Å². The first-order valence-electron chi connectivity index (χ1n) is 2.69. The summed E-state index contributed by atoms with van der Waals surface area (Å²) in [4.78, 5) is 9.47. The number of nitrogens with two attached hydrogens (primary N) is 1. The van der Waals surface area contributed by atoms with Crippen molar-refractivity contribution in [1.82, 2.24) is 0 Å². The molecule has 0 saturated carbocycles. The molecule has 0 aliphatic carbocycles. The summed E-state index contributed by atoms with van der Waals surface area (Å²) in [6, 6.07) is 0. The molecule has 1 amide bonds. The Morgan fingerprint density at radius 1 is 1.50 bits per heavy atom. The van der Waals surface area contributed by atoms with Crippen molar-refractivity contribution in [3.05, 3.63) is 18.6 Å². The van der Waals surface area contributed by atoms with Crippen LogP contribution in [0.15, 0.2) is 12.7 Å². The zero-order valence-electron chi connectivity index (χ0n) is 7.27. The van der Waals surface area contributed by atoms with E-state index in [9.17, 15) is 4.79 Å². The van der Waals surface area contributed by atoms with Gasteiger partial charge in [0.05, 0.1) is 0 Å². The van der Waals surface area contributed by atoms with Gasteiger partial charge in [-0.15, -0.1) is 0 Å². The van der Waals surface area contributed by atoms with Crippen molar-refractivity contribution in [3.8, 4) is 0 Å². The standard InChI is InChI=1S/C4H9.C3H5NO.Na/c1-4(2)3;1-2-3(4)5;/h1-3H3;2H,1H2,(H2,4,5);/q-1;;+1. The van der Waals surface area contributed by atoms with Gasteiger partial charge in [0.25, 0.3) is 0 Å². The van der Waals surface area contributed by atoms with E-state index < -0.39 is 5.91 Å². The zero-order chi connectivity index (χ0) is 7.86. The molecule has 0 aromatic rings. The van der Waals surface area contributed by atoms with E-state index in [0.717, 1.165) is 6.08 Å². The molecule has 10 heavy (non-hydrogen) atoms.